The van der Waals surface area contributed by atoms with E-state index >= 15 is 0 Å². The zero-order valence-corrected chi connectivity index (χ0v) is 8.95. The molecular weight excluding hydrogens is 188 g/mol. The molecule has 15 heavy (non-hydrogen) atoms. The van der Waals surface area contributed by atoms with Gasteiger partial charge in [0.25, 0.3) is 0 Å². The van der Waals surface area contributed by atoms with Gasteiger partial charge in [-0.3, -0.25) is 0 Å². The maximum atomic E-state index is 5.41. The summed E-state index contributed by atoms with van der Waals surface area (Å²) >= 11 is 0. The van der Waals surface area contributed by atoms with E-state index in [0.29, 0.717) is 12.5 Å². The molecule has 1 aliphatic rings. The Bertz CT molecular complexity index is 292. The summed E-state index contributed by atoms with van der Waals surface area (Å²) in [7, 11) is 0. The lowest BCUT2D eigenvalue weighted by Crippen LogP contribution is -2.13. The van der Waals surface area contributed by atoms with Crippen LogP contribution < -0.4 is 11.1 Å². The van der Waals surface area contributed by atoms with Crippen LogP contribution in [-0.4, -0.2) is 23.1 Å². The van der Waals surface area contributed by atoms with E-state index in [-0.39, 0.29) is 0 Å². The second-order valence-corrected chi connectivity index (χ2v) is 4.03. The minimum atomic E-state index is 0.614. The van der Waals surface area contributed by atoms with Crippen LogP contribution in [0.4, 0.5) is 5.69 Å². The summed E-state index contributed by atoms with van der Waals surface area (Å²) in [5.41, 5.74) is 6.40. The third kappa shape index (κ3) is 2.65. The number of anilines is 1. The van der Waals surface area contributed by atoms with Crippen molar-refractivity contribution in [1.82, 2.24) is 9.97 Å². The van der Waals surface area contributed by atoms with Crippen LogP contribution >= 0.6 is 0 Å². The first-order valence-corrected chi connectivity index (χ1v) is 5.66. The smallest absolute Gasteiger partial charge is 0.131 e. The van der Waals surface area contributed by atoms with Crippen LogP contribution in [0, 0.1) is 0 Å². The fourth-order valence-corrected chi connectivity index (χ4v) is 1.64. The molecule has 1 aromatic heterocycles. The lowest BCUT2D eigenvalue weighted by molar-refractivity contribution is 0.401. The van der Waals surface area contributed by atoms with E-state index in [1.165, 1.54) is 19.3 Å². The number of hydrogen-bond donors (Lipinski definition) is 2. The Labute approximate surface area is 90.3 Å². The minimum absolute atomic E-state index is 0.614. The molecule has 82 valence electrons. The molecule has 1 fully saturated rings. The third-order valence-electron chi connectivity index (χ3n) is 2.85. The highest BCUT2D eigenvalue weighted by molar-refractivity contribution is 5.37. The van der Waals surface area contributed by atoms with E-state index in [1.807, 2.05) is 12.4 Å². The fraction of sp³-hybridized carbons (Fsp3) is 0.636. The first-order valence-electron chi connectivity index (χ1n) is 5.66. The summed E-state index contributed by atoms with van der Waals surface area (Å²) in [4.78, 5) is 8.75. The van der Waals surface area contributed by atoms with Gasteiger partial charge < -0.3 is 11.1 Å². The summed E-state index contributed by atoms with van der Waals surface area (Å²) in [6, 6.07) is 0. The molecule has 4 heteroatoms. The lowest BCUT2D eigenvalue weighted by atomic mass is 9.85. The third-order valence-corrected chi connectivity index (χ3v) is 2.85. The molecule has 1 heterocycles. The van der Waals surface area contributed by atoms with Crippen molar-refractivity contribution in [2.75, 3.05) is 18.4 Å². The molecule has 0 radical (unpaired) electrons. The predicted octanol–water partition coefficient (Wildman–Crippen LogP) is 1.50. The topological polar surface area (TPSA) is 63.8 Å². The van der Waals surface area contributed by atoms with Crippen molar-refractivity contribution >= 4 is 5.69 Å². The van der Waals surface area contributed by atoms with Gasteiger partial charge in [0.1, 0.15) is 5.82 Å². The van der Waals surface area contributed by atoms with E-state index in [9.17, 15) is 0 Å². The number of hydrogen-bond acceptors (Lipinski definition) is 4. The average Bonchev–Trinajstić information content (AvgIpc) is 2.18. The molecule has 0 aliphatic heterocycles. The molecule has 0 atom stereocenters. The molecule has 3 N–H and O–H groups in total. The second-order valence-electron chi connectivity index (χ2n) is 4.03. The Morgan fingerprint density at radius 2 is 2.07 bits per heavy atom. The van der Waals surface area contributed by atoms with Crippen LogP contribution in [0.2, 0.25) is 0 Å². The molecule has 0 saturated heterocycles. The first-order chi connectivity index (χ1) is 7.40. The van der Waals surface area contributed by atoms with Crippen molar-refractivity contribution in [3.05, 3.63) is 18.2 Å². The molecular formula is C11H18N4. The van der Waals surface area contributed by atoms with Crippen molar-refractivity contribution in [3.8, 4) is 0 Å². The van der Waals surface area contributed by atoms with Gasteiger partial charge in [0.15, 0.2) is 0 Å². The number of aromatic nitrogens is 2. The van der Waals surface area contributed by atoms with Gasteiger partial charge >= 0.3 is 0 Å². The largest absolute Gasteiger partial charge is 0.383 e. The second kappa shape index (κ2) is 5.07. The fourth-order valence-electron chi connectivity index (χ4n) is 1.64. The van der Waals surface area contributed by atoms with Crippen LogP contribution in [0.1, 0.15) is 37.4 Å². The molecule has 0 spiro atoms. The van der Waals surface area contributed by atoms with Crippen LogP contribution in [0.3, 0.4) is 0 Å². The normalized spacial score (nSPS) is 16.1. The lowest BCUT2D eigenvalue weighted by Gasteiger charge is -2.23. The van der Waals surface area contributed by atoms with Gasteiger partial charge in [-0.1, -0.05) is 6.42 Å². The molecule has 0 bridgehead atoms. The van der Waals surface area contributed by atoms with Gasteiger partial charge in [0, 0.05) is 12.5 Å². The van der Waals surface area contributed by atoms with Gasteiger partial charge in [-0.2, -0.15) is 0 Å². The number of nitrogens with zero attached hydrogens (tertiary/aromatic N) is 2. The van der Waals surface area contributed by atoms with E-state index < -0.39 is 0 Å². The summed E-state index contributed by atoms with van der Waals surface area (Å²) in [5, 5.41) is 3.24. The van der Waals surface area contributed by atoms with E-state index in [2.05, 4.69) is 15.3 Å². The maximum absolute atomic E-state index is 5.41. The predicted molar refractivity (Wildman–Crippen MR) is 60.8 cm³/mol. The van der Waals surface area contributed by atoms with E-state index in [4.69, 9.17) is 5.73 Å². The highest BCUT2D eigenvalue weighted by Gasteiger charge is 2.21. The van der Waals surface area contributed by atoms with Gasteiger partial charge in [-0.25, -0.2) is 9.97 Å². The van der Waals surface area contributed by atoms with Gasteiger partial charge in [-0.15, -0.1) is 0 Å². The van der Waals surface area contributed by atoms with E-state index in [1.54, 1.807) is 0 Å². The van der Waals surface area contributed by atoms with Crippen molar-refractivity contribution in [1.29, 1.82) is 0 Å². The summed E-state index contributed by atoms with van der Waals surface area (Å²) in [5.74, 6) is 1.62. The molecule has 0 aromatic carbocycles. The maximum Gasteiger partial charge on any atom is 0.131 e. The van der Waals surface area contributed by atoms with Gasteiger partial charge in [-0.05, 0) is 25.8 Å². The minimum Gasteiger partial charge on any atom is -0.383 e. The zero-order valence-electron chi connectivity index (χ0n) is 8.95. The van der Waals surface area contributed by atoms with Crippen molar-refractivity contribution < 1.29 is 0 Å². The SMILES string of the molecule is NCCCNc1cnc(C2CCC2)nc1. The van der Waals surface area contributed by atoms with Crippen LogP contribution in [0.5, 0.6) is 0 Å². The highest BCUT2D eigenvalue weighted by atomic mass is 15.0. The zero-order chi connectivity index (χ0) is 10.5. The summed E-state index contributed by atoms with van der Waals surface area (Å²) in [6.07, 6.45) is 8.54. The Balaban J connectivity index is 1.86. The summed E-state index contributed by atoms with van der Waals surface area (Å²) < 4.78 is 0. The molecule has 1 aromatic rings. The van der Waals surface area contributed by atoms with Gasteiger partial charge in [0.2, 0.25) is 0 Å². The number of nitrogens with one attached hydrogen (secondary N) is 1. The molecule has 0 unspecified atom stereocenters. The van der Waals surface area contributed by atoms with Crippen molar-refractivity contribution in [3.63, 3.8) is 0 Å². The average molecular weight is 206 g/mol. The molecule has 0 amide bonds. The van der Waals surface area contributed by atoms with Crippen LogP contribution in [-0.2, 0) is 0 Å². The quantitative estimate of drug-likeness (QED) is 0.717. The number of rotatable bonds is 5. The van der Waals surface area contributed by atoms with Gasteiger partial charge in [0.05, 0.1) is 18.1 Å². The van der Waals surface area contributed by atoms with Crippen LogP contribution in [0.15, 0.2) is 12.4 Å². The Hall–Kier alpha value is -1.16. The molecule has 2 rings (SSSR count). The number of nitrogens with two attached hydrogens (primary N) is 1. The molecule has 1 aliphatic carbocycles. The Morgan fingerprint density at radius 1 is 1.33 bits per heavy atom. The van der Waals surface area contributed by atoms with Crippen molar-refractivity contribution in [2.24, 2.45) is 5.73 Å². The molecule has 4 nitrogen and oxygen atoms in total. The van der Waals surface area contributed by atoms with E-state index in [0.717, 1.165) is 24.5 Å². The highest BCUT2D eigenvalue weighted by Crippen LogP contribution is 2.34. The molecule has 1 saturated carbocycles. The monoisotopic (exact) mass is 206 g/mol. The van der Waals surface area contributed by atoms with Crippen LogP contribution in [0.25, 0.3) is 0 Å². The van der Waals surface area contributed by atoms with Crippen molar-refractivity contribution in [2.45, 2.75) is 31.6 Å². The first kappa shape index (κ1) is 10.4. The standard InChI is InChI=1S/C11H18N4/c12-5-2-6-13-10-7-14-11(15-8-10)9-3-1-4-9/h7-9,13H,1-6,12H2. The summed E-state index contributed by atoms with van der Waals surface area (Å²) in [6.45, 7) is 1.61. The Morgan fingerprint density at radius 3 is 2.60 bits per heavy atom. The Kier molecular flexibility index (Phi) is 3.50.